The molecule has 0 fully saturated rings. The molecule has 0 aliphatic carbocycles. The van der Waals surface area contributed by atoms with E-state index in [1.165, 1.54) is 5.57 Å². The van der Waals surface area contributed by atoms with E-state index in [0.717, 1.165) is 29.4 Å². The van der Waals surface area contributed by atoms with Crippen LogP contribution in [0.15, 0.2) is 11.2 Å². The number of nitrogens with zero attached hydrogens (tertiary/aromatic N) is 3. The van der Waals surface area contributed by atoms with Gasteiger partial charge in [0.2, 0.25) is 5.88 Å². The van der Waals surface area contributed by atoms with E-state index in [0.29, 0.717) is 5.88 Å². The maximum atomic E-state index is 5.31. The second-order valence-electron chi connectivity index (χ2n) is 5.04. The van der Waals surface area contributed by atoms with Gasteiger partial charge in [0.1, 0.15) is 16.0 Å². The van der Waals surface area contributed by atoms with Crippen molar-refractivity contribution in [1.29, 1.82) is 0 Å². The molecular weight excluding hydrogens is 274 g/mol. The van der Waals surface area contributed by atoms with Gasteiger partial charge in [-0.05, 0) is 32.9 Å². The average molecular weight is 295 g/mol. The zero-order chi connectivity index (χ0) is 14.5. The predicted octanol–water partition coefficient (Wildman–Crippen LogP) is 2.63. The summed E-state index contributed by atoms with van der Waals surface area (Å²) in [7, 11) is 3.75. The third kappa shape index (κ3) is 3.80. The molecule has 0 saturated heterocycles. The van der Waals surface area contributed by atoms with Gasteiger partial charge in [-0.25, -0.2) is 4.98 Å². The highest BCUT2D eigenvalue weighted by atomic mass is 32.1. The zero-order valence-corrected chi connectivity index (χ0v) is 13.2. The molecule has 5 nitrogen and oxygen atoms in total. The maximum Gasteiger partial charge on any atom is 0.234 e. The van der Waals surface area contributed by atoms with Gasteiger partial charge in [0.25, 0.3) is 0 Å². The Kier molecular flexibility index (Phi) is 5.14. The predicted molar refractivity (Wildman–Crippen MR) is 82.6 cm³/mol. The van der Waals surface area contributed by atoms with Crippen LogP contribution in [-0.4, -0.2) is 49.4 Å². The molecular formula is C14H21N3O2S. The lowest BCUT2D eigenvalue weighted by Gasteiger charge is -2.21. The Hall–Kier alpha value is -1.40. The average Bonchev–Trinajstić information content (AvgIpc) is 2.81. The van der Waals surface area contributed by atoms with Crippen LogP contribution >= 0.6 is 11.3 Å². The van der Waals surface area contributed by atoms with E-state index in [-0.39, 0.29) is 6.10 Å². The summed E-state index contributed by atoms with van der Waals surface area (Å²) in [6.07, 6.45) is 5.06. The van der Waals surface area contributed by atoms with Crippen molar-refractivity contribution in [3.05, 3.63) is 16.0 Å². The monoisotopic (exact) mass is 295 g/mol. The standard InChI is InChI=1S/C14H21N3O2S/c1-10(2)19-15-8-12-13(18-4)16-14(20-12)11-6-5-7-17(3)9-11/h6,8,10H,5,7,9H2,1-4H3. The Morgan fingerprint density at radius 1 is 1.50 bits per heavy atom. The van der Waals surface area contributed by atoms with Crippen molar-refractivity contribution >= 4 is 23.1 Å². The van der Waals surface area contributed by atoms with E-state index >= 15 is 0 Å². The molecule has 1 aliphatic rings. The largest absolute Gasteiger partial charge is 0.480 e. The molecule has 20 heavy (non-hydrogen) atoms. The van der Waals surface area contributed by atoms with Crippen molar-refractivity contribution < 1.29 is 9.57 Å². The van der Waals surface area contributed by atoms with Gasteiger partial charge in [-0.15, -0.1) is 11.3 Å². The molecule has 0 unspecified atom stereocenters. The number of oxime groups is 1. The van der Waals surface area contributed by atoms with Crippen LogP contribution < -0.4 is 4.74 Å². The molecule has 0 bridgehead atoms. The van der Waals surface area contributed by atoms with Crippen LogP contribution in [0.2, 0.25) is 0 Å². The third-order valence-electron chi connectivity index (χ3n) is 2.87. The van der Waals surface area contributed by atoms with Crippen molar-refractivity contribution in [2.45, 2.75) is 26.4 Å². The van der Waals surface area contributed by atoms with Crippen molar-refractivity contribution in [3.8, 4) is 5.88 Å². The van der Waals surface area contributed by atoms with E-state index in [9.17, 15) is 0 Å². The molecule has 1 aromatic heterocycles. The van der Waals surface area contributed by atoms with Crippen molar-refractivity contribution in [2.75, 3.05) is 27.2 Å². The van der Waals surface area contributed by atoms with Crippen LogP contribution in [0.25, 0.3) is 5.57 Å². The van der Waals surface area contributed by atoms with Gasteiger partial charge in [0.15, 0.2) is 0 Å². The normalized spacial score (nSPS) is 16.8. The summed E-state index contributed by atoms with van der Waals surface area (Å²) >= 11 is 1.58. The first-order chi connectivity index (χ1) is 9.60. The SMILES string of the molecule is COc1nc(C2=CCCN(C)C2)sc1C=NOC(C)C. The summed E-state index contributed by atoms with van der Waals surface area (Å²) < 4.78 is 5.31. The second-order valence-corrected chi connectivity index (χ2v) is 6.07. The number of thiazole rings is 1. The van der Waals surface area contributed by atoms with Crippen molar-refractivity contribution in [2.24, 2.45) is 5.16 Å². The van der Waals surface area contributed by atoms with Crippen LogP contribution in [0.1, 0.15) is 30.2 Å². The highest BCUT2D eigenvalue weighted by molar-refractivity contribution is 7.14. The van der Waals surface area contributed by atoms with Gasteiger partial charge in [0.05, 0.1) is 13.3 Å². The van der Waals surface area contributed by atoms with Gasteiger partial charge in [0, 0.05) is 13.1 Å². The summed E-state index contributed by atoms with van der Waals surface area (Å²) in [6.45, 7) is 5.91. The molecule has 0 N–H and O–H groups in total. The molecule has 0 atom stereocenters. The highest BCUT2D eigenvalue weighted by Crippen LogP contribution is 2.30. The molecule has 2 heterocycles. The molecule has 110 valence electrons. The van der Waals surface area contributed by atoms with Crippen LogP contribution in [-0.2, 0) is 4.84 Å². The molecule has 1 aliphatic heterocycles. The molecule has 0 amide bonds. The van der Waals surface area contributed by atoms with Crippen molar-refractivity contribution in [3.63, 3.8) is 0 Å². The number of aromatic nitrogens is 1. The molecule has 0 aromatic carbocycles. The van der Waals surface area contributed by atoms with E-state index in [1.54, 1.807) is 24.7 Å². The van der Waals surface area contributed by atoms with Gasteiger partial charge in [-0.3, -0.25) is 0 Å². The Bertz CT molecular complexity index is 509. The third-order valence-corrected chi connectivity index (χ3v) is 3.92. The minimum atomic E-state index is 0.0688. The lowest BCUT2D eigenvalue weighted by Crippen LogP contribution is -2.24. The van der Waals surface area contributed by atoms with E-state index in [2.05, 4.69) is 28.2 Å². The molecule has 1 aromatic rings. The fourth-order valence-electron chi connectivity index (χ4n) is 1.93. The second kappa shape index (κ2) is 6.85. The first-order valence-corrected chi connectivity index (χ1v) is 7.53. The summed E-state index contributed by atoms with van der Waals surface area (Å²) in [5.41, 5.74) is 1.26. The minimum absolute atomic E-state index is 0.0688. The van der Waals surface area contributed by atoms with E-state index in [1.807, 2.05) is 13.8 Å². The summed E-state index contributed by atoms with van der Waals surface area (Å²) in [5.74, 6) is 0.607. The lowest BCUT2D eigenvalue weighted by atomic mass is 10.1. The topological polar surface area (TPSA) is 47.0 Å². The molecule has 6 heteroatoms. The van der Waals surface area contributed by atoms with Crippen molar-refractivity contribution in [1.82, 2.24) is 9.88 Å². The number of methoxy groups -OCH3 is 1. The quantitative estimate of drug-likeness (QED) is 0.619. The first-order valence-electron chi connectivity index (χ1n) is 6.72. The molecule has 2 rings (SSSR count). The lowest BCUT2D eigenvalue weighted by molar-refractivity contribution is 0.0874. The van der Waals surface area contributed by atoms with Gasteiger partial charge in [-0.1, -0.05) is 11.2 Å². The number of hydrogen-bond acceptors (Lipinski definition) is 6. The minimum Gasteiger partial charge on any atom is -0.480 e. The Labute approximate surface area is 123 Å². The Morgan fingerprint density at radius 3 is 2.95 bits per heavy atom. The molecule has 0 radical (unpaired) electrons. The van der Waals surface area contributed by atoms with Gasteiger partial charge < -0.3 is 14.5 Å². The van der Waals surface area contributed by atoms with Gasteiger partial charge >= 0.3 is 0 Å². The zero-order valence-electron chi connectivity index (χ0n) is 12.4. The van der Waals surface area contributed by atoms with Crippen LogP contribution in [0.4, 0.5) is 0 Å². The Morgan fingerprint density at radius 2 is 2.30 bits per heavy atom. The molecule has 0 saturated carbocycles. The summed E-state index contributed by atoms with van der Waals surface area (Å²) in [5, 5.41) is 4.96. The number of likely N-dealkylation sites (N-methyl/N-ethyl adjacent to an activating group) is 1. The summed E-state index contributed by atoms with van der Waals surface area (Å²) in [6, 6.07) is 0. The fourth-order valence-corrected chi connectivity index (χ4v) is 2.86. The summed E-state index contributed by atoms with van der Waals surface area (Å²) in [4.78, 5) is 12.9. The van der Waals surface area contributed by atoms with Crippen LogP contribution in [0, 0.1) is 0 Å². The van der Waals surface area contributed by atoms with E-state index in [4.69, 9.17) is 9.57 Å². The fraction of sp³-hybridized carbons (Fsp3) is 0.571. The highest BCUT2D eigenvalue weighted by Gasteiger charge is 2.17. The number of ether oxygens (including phenoxy) is 1. The number of rotatable bonds is 5. The maximum absolute atomic E-state index is 5.31. The van der Waals surface area contributed by atoms with Crippen LogP contribution in [0.5, 0.6) is 5.88 Å². The smallest absolute Gasteiger partial charge is 0.234 e. The number of hydrogen-bond donors (Lipinski definition) is 0. The van der Waals surface area contributed by atoms with E-state index < -0.39 is 0 Å². The molecule has 0 spiro atoms. The van der Waals surface area contributed by atoms with Gasteiger partial charge in [-0.2, -0.15) is 0 Å². The Balaban J connectivity index is 2.18. The van der Waals surface area contributed by atoms with Crippen LogP contribution in [0.3, 0.4) is 0 Å². The first kappa shape index (κ1) is 15.0.